The molecule has 0 bridgehead atoms. The highest BCUT2D eigenvalue weighted by atomic mass is 32.2. The number of hydrogen-bond acceptors (Lipinski definition) is 8. The second kappa shape index (κ2) is 9.53. The molecule has 0 unspecified atom stereocenters. The summed E-state index contributed by atoms with van der Waals surface area (Å²) in [6, 6.07) is 9.02. The molecule has 32 heavy (non-hydrogen) atoms. The van der Waals surface area contributed by atoms with Crippen LogP contribution in [0.5, 0.6) is 0 Å². The molecule has 1 aromatic carbocycles. The van der Waals surface area contributed by atoms with E-state index >= 15 is 0 Å². The topological polar surface area (TPSA) is 117 Å². The Balaban J connectivity index is 1.60. The first kappa shape index (κ1) is 22.0. The molecule has 0 fully saturated rings. The molecule has 3 heterocycles. The minimum atomic E-state index is -0.254. The highest BCUT2D eigenvalue weighted by Crippen LogP contribution is 2.22. The Kier molecular flexibility index (Phi) is 6.56. The molecular formula is C21H24N6O4S. The van der Waals surface area contributed by atoms with E-state index in [0.717, 1.165) is 5.69 Å². The van der Waals surface area contributed by atoms with Crippen LogP contribution in [0.3, 0.4) is 0 Å². The molecule has 0 aliphatic rings. The van der Waals surface area contributed by atoms with Crippen molar-refractivity contribution in [2.75, 3.05) is 24.8 Å². The highest BCUT2D eigenvalue weighted by Gasteiger charge is 2.18. The largest absolute Gasteiger partial charge is 0.385 e. The van der Waals surface area contributed by atoms with Crippen molar-refractivity contribution in [2.45, 2.75) is 37.9 Å². The Morgan fingerprint density at radius 3 is 2.84 bits per heavy atom. The molecule has 3 aromatic heterocycles. The number of para-hydroxylation sites is 1. The number of ether oxygens (including phenoxy) is 1. The number of benzene rings is 1. The lowest BCUT2D eigenvalue weighted by atomic mass is 10.1. The van der Waals surface area contributed by atoms with Crippen LogP contribution in [0.4, 0.5) is 5.88 Å². The van der Waals surface area contributed by atoms with E-state index in [4.69, 9.17) is 9.26 Å². The standard InChI is InChI=1S/C21H24N6O4S/c1-13(2)15-11-18(31-25-15)22-17(28)12-32-21-24-23-20-26(9-6-10-30-3)19(29)14-7-4-5-8-16(14)27(20)21/h4-5,7-8,11,13H,6,9-10,12H2,1-3H3,(H,22,28). The van der Waals surface area contributed by atoms with Crippen molar-refractivity contribution >= 4 is 40.2 Å². The number of amides is 1. The lowest BCUT2D eigenvalue weighted by Gasteiger charge is -2.11. The second-order valence-corrected chi connectivity index (χ2v) is 8.49. The maximum absolute atomic E-state index is 13.0. The molecule has 168 valence electrons. The molecule has 11 heteroatoms. The fourth-order valence-electron chi connectivity index (χ4n) is 3.32. The highest BCUT2D eigenvalue weighted by molar-refractivity contribution is 7.99. The number of thioether (sulfide) groups is 1. The van der Waals surface area contributed by atoms with Gasteiger partial charge in [-0.15, -0.1) is 10.2 Å². The summed E-state index contributed by atoms with van der Waals surface area (Å²) in [7, 11) is 1.62. The predicted molar refractivity (Wildman–Crippen MR) is 121 cm³/mol. The molecule has 4 aromatic rings. The fraction of sp³-hybridized carbons (Fsp3) is 0.381. The molecule has 0 saturated carbocycles. The SMILES string of the molecule is COCCCn1c(=O)c2ccccc2n2c(SCC(=O)Nc3cc(C(C)C)no3)nnc12. The van der Waals surface area contributed by atoms with Gasteiger partial charge in [0, 0.05) is 26.3 Å². The summed E-state index contributed by atoms with van der Waals surface area (Å²) in [4.78, 5) is 25.5. The number of nitrogens with one attached hydrogen (secondary N) is 1. The Morgan fingerprint density at radius 2 is 2.09 bits per heavy atom. The number of anilines is 1. The van der Waals surface area contributed by atoms with Gasteiger partial charge in [-0.05, 0) is 24.5 Å². The number of aromatic nitrogens is 5. The third-order valence-corrected chi connectivity index (χ3v) is 5.85. The number of methoxy groups -OCH3 is 1. The van der Waals surface area contributed by atoms with Gasteiger partial charge in [-0.25, -0.2) is 0 Å². The third kappa shape index (κ3) is 4.39. The van der Waals surface area contributed by atoms with Gasteiger partial charge in [0.25, 0.3) is 5.56 Å². The maximum atomic E-state index is 13.0. The van der Waals surface area contributed by atoms with Gasteiger partial charge in [0.15, 0.2) is 5.16 Å². The summed E-state index contributed by atoms with van der Waals surface area (Å²) in [6.07, 6.45) is 0.664. The van der Waals surface area contributed by atoms with E-state index in [-0.39, 0.29) is 23.1 Å². The van der Waals surface area contributed by atoms with E-state index in [1.54, 1.807) is 23.8 Å². The van der Waals surface area contributed by atoms with Gasteiger partial charge < -0.3 is 9.26 Å². The number of nitrogens with zero attached hydrogens (tertiary/aromatic N) is 5. The van der Waals surface area contributed by atoms with Crippen LogP contribution in [0.25, 0.3) is 16.7 Å². The Hall–Kier alpha value is -3.18. The summed E-state index contributed by atoms with van der Waals surface area (Å²) in [5, 5.41) is 16.2. The lowest BCUT2D eigenvalue weighted by Crippen LogP contribution is -2.24. The van der Waals surface area contributed by atoms with Gasteiger partial charge in [0.1, 0.15) is 0 Å². The van der Waals surface area contributed by atoms with Crippen LogP contribution in [0, 0.1) is 0 Å². The van der Waals surface area contributed by atoms with Gasteiger partial charge >= 0.3 is 0 Å². The summed E-state index contributed by atoms with van der Waals surface area (Å²) in [5.74, 6) is 0.787. The van der Waals surface area contributed by atoms with Crippen LogP contribution in [0.2, 0.25) is 0 Å². The zero-order valence-corrected chi connectivity index (χ0v) is 18.9. The summed E-state index contributed by atoms with van der Waals surface area (Å²) < 4.78 is 13.7. The van der Waals surface area contributed by atoms with Crippen LogP contribution >= 0.6 is 11.8 Å². The molecule has 0 aliphatic carbocycles. The monoisotopic (exact) mass is 456 g/mol. The van der Waals surface area contributed by atoms with Crippen molar-refractivity contribution in [2.24, 2.45) is 0 Å². The first-order chi connectivity index (χ1) is 15.5. The number of rotatable bonds is 9. The quantitative estimate of drug-likeness (QED) is 0.302. The van der Waals surface area contributed by atoms with E-state index in [0.29, 0.717) is 47.3 Å². The van der Waals surface area contributed by atoms with Gasteiger partial charge in [-0.3, -0.25) is 23.9 Å². The summed E-state index contributed by atoms with van der Waals surface area (Å²) in [5.41, 5.74) is 1.34. The smallest absolute Gasteiger partial charge is 0.262 e. The van der Waals surface area contributed by atoms with Crippen molar-refractivity contribution in [3.05, 3.63) is 46.4 Å². The van der Waals surface area contributed by atoms with E-state index in [9.17, 15) is 9.59 Å². The maximum Gasteiger partial charge on any atom is 0.262 e. The van der Waals surface area contributed by atoms with Crippen molar-refractivity contribution in [1.82, 2.24) is 24.3 Å². The average Bonchev–Trinajstić information content (AvgIpc) is 3.42. The molecular weight excluding hydrogens is 432 g/mol. The molecule has 0 aliphatic heterocycles. The van der Waals surface area contributed by atoms with Crippen LogP contribution in [-0.4, -0.2) is 49.7 Å². The van der Waals surface area contributed by atoms with Crippen molar-refractivity contribution in [1.29, 1.82) is 0 Å². The Morgan fingerprint density at radius 1 is 1.28 bits per heavy atom. The van der Waals surface area contributed by atoms with E-state index in [1.165, 1.54) is 11.8 Å². The van der Waals surface area contributed by atoms with Gasteiger partial charge in [0.2, 0.25) is 17.6 Å². The lowest BCUT2D eigenvalue weighted by molar-refractivity contribution is -0.113. The Bertz CT molecular complexity index is 1310. The summed E-state index contributed by atoms with van der Waals surface area (Å²) in [6.45, 7) is 4.97. The number of fused-ring (bicyclic) bond motifs is 3. The molecule has 1 N–H and O–H groups in total. The van der Waals surface area contributed by atoms with Gasteiger partial charge in [0.05, 0.1) is 22.3 Å². The minimum absolute atomic E-state index is 0.0929. The van der Waals surface area contributed by atoms with Gasteiger partial charge in [-0.2, -0.15) is 0 Å². The predicted octanol–water partition coefficient (Wildman–Crippen LogP) is 2.92. The molecule has 1 amide bonds. The summed E-state index contributed by atoms with van der Waals surface area (Å²) >= 11 is 1.23. The first-order valence-electron chi connectivity index (χ1n) is 10.2. The molecule has 10 nitrogen and oxygen atoms in total. The van der Waals surface area contributed by atoms with Crippen molar-refractivity contribution < 1.29 is 14.1 Å². The average molecular weight is 457 g/mol. The number of carbonyl (C=O) groups is 1. The van der Waals surface area contributed by atoms with Crippen LogP contribution in [-0.2, 0) is 16.1 Å². The van der Waals surface area contributed by atoms with Crippen molar-refractivity contribution in [3.8, 4) is 0 Å². The third-order valence-electron chi connectivity index (χ3n) is 4.92. The Labute approximate surface area is 187 Å². The minimum Gasteiger partial charge on any atom is -0.385 e. The normalized spacial score (nSPS) is 11.6. The molecule has 4 rings (SSSR count). The van der Waals surface area contributed by atoms with Gasteiger partial charge in [-0.1, -0.05) is 42.9 Å². The molecule has 0 atom stereocenters. The number of aryl methyl sites for hydroxylation is 1. The number of carbonyl (C=O) groups excluding carboxylic acids is 1. The van der Waals surface area contributed by atoms with E-state index in [1.807, 2.05) is 36.4 Å². The van der Waals surface area contributed by atoms with Crippen LogP contribution in [0.1, 0.15) is 31.9 Å². The van der Waals surface area contributed by atoms with Crippen LogP contribution < -0.4 is 10.9 Å². The zero-order valence-electron chi connectivity index (χ0n) is 18.1. The number of hydrogen-bond donors (Lipinski definition) is 1. The second-order valence-electron chi connectivity index (χ2n) is 7.55. The first-order valence-corrected chi connectivity index (χ1v) is 11.2. The van der Waals surface area contributed by atoms with E-state index in [2.05, 4.69) is 20.7 Å². The molecule has 0 saturated heterocycles. The van der Waals surface area contributed by atoms with Crippen molar-refractivity contribution in [3.63, 3.8) is 0 Å². The zero-order chi connectivity index (χ0) is 22.7. The molecule has 0 radical (unpaired) electrons. The van der Waals surface area contributed by atoms with E-state index < -0.39 is 0 Å². The fourth-order valence-corrected chi connectivity index (χ4v) is 4.06. The molecule has 0 spiro atoms. The van der Waals surface area contributed by atoms with Crippen LogP contribution in [0.15, 0.2) is 44.8 Å².